The van der Waals surface area contributed by atoms with E-state index in [1.54, 1.807) is 20.8 Å². The van der Waals surface area contributed by atoms with E-state index < -0.39 is 14.8 Å². The molecule has 1 amide bonds. The molecule has 3 rings (SSSR count). The number of amides is 1. The Labute approximate surface area is 174 Å². The van der Waals surface area contributed by atoms with Crippen molar-refractivity contribution in [3.8, 4) is 5.75 Å². The summed E-state index contributed by atoms with van der Waals surface area (Å²) in [6.07, 6.45) is 7.63. The number of nitrogens with one attached hydrogen (secondary N) is 2. The van der Waals surface area contributed by atoms with Crippen LogP contribution in [0.3, 0.4) is 0 Å². The standard InChI is InChI=1S/C22H34N2O4S/c1-22(2,3)29(26,27)24-17-13-11-16(12-14-17)21(25)23-18-7-6-10-20(15-18)28-19-8-4-5-9-19/h6-7,10,15-17,19,24H,4-5,8-9,11-14H2,1-3H3,(H,23,25). The Morgan fingerprint density at radius 2 is 1.69 bits per heavy atom. The topological polar surface area (TPSA) is 84.5 Å². The Hall–Kier alpha value is -1.60. The molecular formula is C22H34N2O4S. The molecule has 29 heavy (non-hydrogen) atoms. The van der Waals surface area contributed by atoms with Crippen LogP contribution in [-0.2, 0) is 14.8 Å². The van der Waals surface area contributed by atoms with E-state index in [0.29, 0.717) is 25.7 Å². The van der Waals surface area contributed by atoms with E-state index in [2.05, 4.69) is 10.0 Å². The third-order valence-electron chi connectivity index (χ3n) is 5.93. The van der Waals surface area contributed by atoms with Gasteiger partial charge in [-0.25, -0.2) is 13.1 Å². The van der Waals surface area contributed by atoms with Crippen LogP contribution in [0.25, 0.3) is 0 Å². The van der Waals surface area contributed by atoms with Crippen molar-refractivity contribution >= 4 is 21.6 Å². The highest BCUT2D eigenvalue weighted by molar-refractivity contribution is 7.90. The Balaban J connectivity index is 1.50. The quantitative estimate of drug-likeness (QED) is 0.719. The monoisotopic (exact) mass is 422 g/mol. The van der Waals surface area contributed by atoms with E-state index in [-0.39, 0.29) is 24.0 Å². The second kappa shape index (κ2) is 9.04. The van der Waals surface area contributed by atoms with Crippen LogP contribution >= 0.6 is 0 Å². The lowest BCUT2D eigenvalue weighted by Gasteiger charge is -2.30. The summed E-state index contributed by atoms with van der Waals surface area (Å²) in [7, 11) is -3.36. The van der Waals surface area contributed by atoms with Crippen LogP contribution in [0.2, 0.25) is 0 Å². The highest BCUT2D eigenvalue weighted by Gasteiger charge is 2.34. The Kier molecular flexibility index (Phi) is 6.89. The van der Waals surface area contributed by atoms with Gasteiger partial charge in [0.05, 0.1) is 10.9 Å². The molecule has 0 aliphatic heterocycles. The Bertz CT molecular complexity index is 802. The van der Waals surface area contributed by atoms with E-state index in [9.17, 15) is 13.2 Å². The van der Waals surface area contributed by atoms with E-state index in [1.165, 1.54) is 12.8 Å². The number of hydrogen-bond donors (Lipinski definition) is 2. The lowest BCUT2D eigenvalue weighted by molar-refractivity contribution is -0.120. The van der Waals surface area contributed by atoms with Gasteiger partial charge in [-0.3, -0.25) is 4.79 Å². The van der Waals surface area contributed by atoms with Gasteiger partial charge < -0.3 is 10.1 Å². The van der Waals surface area contributed by atoms with E-state index >= 15 is 0 Å². The average Bonchev–Trinajstić information content (AvgIpc) is 3.14. The van der Waals surface area contributed by atoms with Crippen LogP contribution < -0.4 is 14.8 Å². The predicted octanol–water partition coefficient (Wildman–Crippen LogP) is 4.22. The minimum Gasteiger partial charge on any atom is -0.490 e. The number of sulfonamides is 1. The summed E-state index contributed by atoms with van der Waals surface area (Å²) in [5.41, 5.74) is 0.751. The molecule has 0 radical (unpaired) electrons. The number of ether oxygens (including phenoxy) is 1. The number of carbonyl (C=O) groups excluding carboxylic acids is 1. The van der Waals surface area contributed by atoms with E-state index in [1.807, 2.05) is 24.3 Å². The summed E-state index contributed by atoms with van der Waals surface area (Å²) in [5.74, 6) is 0.708. The van der Waals surface area contributed by atoms with Crippen molar-refractivity contribution < 1.29 is 17.9 Å². The van der Waals surface area contributed by atoms with Gasteiger partial charge in [-0.1, -0.05) is 6.07 Å². The molecule has 0 unspecified atom stereocenters. The second-order valence-corrected chi connectivity index (χ2v) is 11.8. The number of rotatable bonds is 6. The van der Waals surface area contributed by atoms with Crippen LogP contribution in [0.1, 0.15) is 72.1 Å². The second-order valence-electron chi connectivity index (χ2n) is 9.32. The molecule has 0 aromatic heterocycles. The molecule has 0 saturated heterocycles. The molecule has 2 N–H and O–H groups in total. The molecule has 1 aromatic rings. The summed E-state index contributed by atoms with van der Waals surface area (Å²) in [6.45, 7) is 5.08. The molecule has 6 nitrogen and oxygen atoms in total. The van der Waals surface area contributed by atoms with Crippen LogP contribution in [0, 0.1) is 5.92 Å². The largest absolute Gasteiger partial charge is 0.490 e. The van der Waals surface area contributed by atoms with Gasteiger partial charge in [0.25, 0.3) is 0 Å². The smallest absolute Gasteiger partial charge is 0.227 e. The van der Waals surface area contributed by atoms with E-state index in [4.69, 9.17) is 4.74 Å². The maximum atomic E-state index is 12.7. The summed E-state index contributed by atoms with van der Waals surface area (Å²) in [5, 5.41) is 3.01. The zero-order valence-corrected chi connectivity index (χ0v) is 18.6. The zero-order valence-electron chi connectivity index (χ0n) is 17.7. The van der Waals surface area contributed by atoms with Crippen molar-refractivity contribution in [1.29, 1.82) is 0 Å². The van der Waals surface area contributed by atoms with Crippen LogP contribution in [-0.4, -0.2) is 31.2 Å². The third-order valence-corrected chi connectivity index (χ3v) is 8.19. The molecule has 7 heteroatoms. The number of benzene rings is 1. The van der Waals surface area contributed by atoms with Crippen molar-refractivity contribution in [3.63, 3.8) is 0 Å². The highest BCUT2D eigenvalue weighted by atomic mass is 32.2. The number of anilines is 1. The van der Waals surface area contributed by atoms with Crippen LogP contribution in [0.15, 0.2) is 24.3 Å². The number of carbonyl (C=O) groups is 1. The first kappa shape index (κ1) is 22.1. The molecule has 0 atom stereocenters. The predicted molar refractivity (Wildman–Crippen MR) is 116 cm³/mol. The average molecular weight is 423 g/mol. The maximum absolute atomic E-state index is 12.7. The van der Waals surface area contributed by atoms with Gasteiger partial charge in [-0.15, -0.1) is 0 Å². The molecule has 2 aliphatic rings. The van der Waals surface area contributed by atoms with Gasteiger partial charge in [0.15, 0.2) is 0 Å². The minimum absolute atomic E-state index is 0.000134. The molecule has 0 heterocycles. The maximum Gasteiger partial charge on any atom is 0.227 e. The molecule has 0 spiro atoms. The minimum atomic E-state index is -3.36. The zero-order chi connectivity index (χ0) is 21.1. The van der Waals surface area contributed by atoms with Crippen molar-refractivity contribution in [2.24, 2.45) is 5.92 Å². The molecule has 2 fully saturated rings. The van der Waals surface area contributed by atoms with Crippen molar-refractivity contribution in [1.82, 2.24) is 4.72 Å². The van der Waals surface area contributed by atoms with Crippen molar-refractivity contribution in [2.45, 2.75) is 89.0 Å². The lowest BCUT2D eigenvalue weighted by Crippen LogP contribution is -2.46. The highest BCUT2D eigenvalue weighted by Crippen LogP contribution is 2.29. The van der Waals surface area contributed by atoms with E-state index in [0.717, 1.165) is 24.3 Å². The molecule has 2 saturated carbocycles. The first-order valence-corrected chi connectivity index (χ1v) is 12.2. The van der Waals surface area contributed by atoms with Crippen molar-refractivity contribution in [2.75, 3.05) is 5.32 Å². The summed E-state index contributed by atoms with van der Waals surface area (Å²) < 4.78 is 32.7. The number of hydrogen-bond acceptors (Lipinski definition) is 4. The fraction of sp³-hybridized carbons (Fsp3) is 0.682. The fourth-order valence-corrected chi connectivity index (χ4v) is 4.99. The first-order valence-electron chi connectivity index (χ1n) is 10.7. The van der Waals surface area contributed by atoms with Crippen LogP contribution in [0.4, 0.5) is 5.69 Å². The third kappa shape index (κ3) is 5.95. The van der Waals surface area contributed by atoms with Gasteiger partial charge >= 0.3 is 0 Å². The SMILES string of the molecule is CC(C)(C)S(=O)(=O)NC1CCC(C(=O)Nc2cccc(OC3CCCC3)c2)CC1. The normalized spacial score (nSPS) is 23.7. The van der Waals surface area contributed by atoms with Gasteiger partial charge in [-0.05, 0) is 84.3 Å². The lowest BCUT2D eigenvalue weighted by atomic mass is 9.86. The summed E-state index contributed by atoms with van der Waals surface area (Å²) in [4.78, 5) is 12.7. The van der Waals surface area contributed by atoms with Crippen molar-refractivity contribution in [3.05, 3.63) is 24.3 Å². The molecule has 162 valence electrons. The molecule has 1 aromatic carbocycles. The first-order chi connectivity index (χ1) is 13.6. The molecule has 2 aliphatic carbocycles. The van der Waals surface area contributed by atoms with Gasteiger partial charge in [-0.2, -0.15) is 0 Å². The Morgan fingerprint density at radius 3 is 2.31 bits per heavy atom. The van der Waals surface area contributed by atoms with Crippen LogP contribution in [0.5, 0.6) is 5.75 Å². The molecular weight excluding hydrogens is 388 g/mol. The van der Waals surface area contributed by atoms with Gasteiger partial charge in [0, 0.05) is 23.7 Å². The molecule has 0 bridgehead atoms. The summed E-state index contributed by atoms with van der Waals surface area (Å²) in [6, 6.07) is 7.51. The van der Waals surface area contributed by atoms with Gasteiger partial charge in [0.1, 0.15) is 5.75 Å². The Morgan fingerprint density at radius 1 is 1.03 bits per heavy atom. The van der Waals surface area contributed by atoms with Gasteiger partial charge in [0.2, 0.25) is 15.9 Å². The summed E-state index contributed by atoms with van der Waals surface area (Å²) >= 11 is 0. The fourth-order valence-electron chi connectivity index (χ4n) is 3.96.